The van der Waals surface area contributed by atoms with Gasteiger partial charge < -0.3 is 45.1 Å². The average Bonchev–Trinajstić information content (AvgIpc) is 3.09. The van der Waals surface area contributed by atoms with Gasteiger partial charge in [-0.15, -0.1) is 0 Å². The van der Waals surface area contributed by atoms with Crippen molar-refractivity contribution in [2.75, 3.05) is 25.6 Å². The van der Waals surface area contributed by atoms with E-state index in [1.165, 1.54) is 31.3 Å². The normalized spacial score (nSPS) is 30.5. The van der Waals surface area contributed by atoms with Crippen LogP contribution in [0.15, 0.2) is 41.2 Å². The largest absolute Gasteiger partial charge is 0.527 e. The number of aliphatic hydroxyl groups excluding tert-OH is 3. The zero-order valence-corrected chi connectivity index (χ0v) is 19.8. The number of allylic oxidation sites excluding steroid dienone is 1. The molecule has 1 amide bonds. The SMILES string of the molecule is CC(=O)N[C@@H]1C=C/C(=C/OP(=O)(O)OC[C@H]2O[C@@H](n3ccc(N)nc3=O)[C@@H](O)C2O)OC1OCCO. The van der Waals surface area contributed by atoms with Gasteiger partial charge in [-0.2, -0.15) is 4.98 Å². The minimum absolute atomic E-state index is 0.0506. The van der Waals surface area contributed by atoms with Crippen LogP contribution < -0.4 is 16.7 Å². The molecule has 3 heterocycles. The Labute approximate surface area is 204 Å². The van der Waals surface area contributed by atoms with Crippen LogP contribution in [-0.2, 0) is 32.6 Å². The first-order valence-corrected chi connectivity index (χ1v) is 12.1. The number of aromatic nitrogens is 2. The number of nitrogens with two attached hydrogens (primary N) is 1. The molecule has 17 heteroatoms. The van der Waals surface area contributed by atoms with Gasteiger partial charge in [0.25, 0.3) is 0 Å². The molecule has 1 aromatic heterocycles. The lowest BCUT2D eigenvalue weighted by molar-refractivity contribution is -0.142. The number of hydrogen-bond donors (Lipinski definition) is 6. The van der Waals surface area contributed by atoms with Crippen LogP contribution >= 0.6 is 7.82 Å². The molecule has 3 unspecified atom stereocenters. The lowest BCUT2D eigenvalue weighted by Gasteiger charge is -2.29. The maximum atomic E-state index is 12.3. The van der Waals surface area contributed by atoms with Gasteiger partial charge >= 0.3 is 13.5 Å². The molecular weight excluding hydrogens is 507 g/mol. The second-order valence-electron chi connectivity index (χ2n) is 7.64. The molecule has 7 N–H and O–H groups in total. The monoisotopic (exact) mass is 534 g/mol. The molecule has 36 heavy (non-hydrogen) atoms. The molecule has 1 aromatic rings. The Morgan fingerprint density at radius 2 is 2.14 bits per heavy atom. The first-order chi connectivity index (χ1) is 17.0. The topological polar surface area (TPSA) is 234 Å². The van der Waals surface area contributed by atoms with Gasteiger partial charge in [-0.1, -0.05) is 6.08 Å². The molecule has 1 fully saturated rings. The highest BCUT2D eigenvalue weighted by molar-refractivity contribution is 7.47. The van der Waals surface area contributed by atoms with Crippen LogP contribution in [-0.4, -0.2) is 86.1 Å². The molecule has 0 saturated carbocycles. The highest BCUT2D eigenvalue weighted by Gasteiger charge is 2.45. The van der Waals surface area contributed by atoms with Crippen molar-refractivity contribution in [1.29, 1.82) is 0 Å². The van der Waals surface area contributed by atoms with Gasteiger partial charge in [0.1, 0.15) is 36.4 Å². The molecule has 0 bridgehead atoms. The maximum absolute atomic E-state index is 12.3. The molecule has 0 spiro atoms. The van der Waals surface area contributed by atoms with Crippen molar-refractivity contribution in [3.8, 4) is 0 Å². The van der Waals surface area contributed by atoms with E-state index >= 15 is 0 Å². The number of carbonyl (C=O) groups is 1. The third-order valence-corrected chi connectivity index (χ3v) is 5.77. The van der Waals surface area contributed by atoms with E-state index in [4.69, 9.17) is 34.1 Å². The van der Waals surface area contributed by atoms with Gasteiger partial charge in [0, 0.05) is 13.1 Å². The van der Waals surface area contributed by atoms with Crippen LogP contribution in [0.3, 0.4) is 0 Å². The number of nitrogen functional groups attached to an aromatic ring is 1. The number of nitrogens with zero attached hydrogens (tertiary/aromatic N) is 2. The minimum Gasteiger partial charge on any atom is -0.459 e. The van der Waals surface area contributed by atoms with Crippen molar-refractivity contribution in [3.05, 3.63) is 46.9 Å². The summed E-state index contributed by atoms with van der Waals surface area (Å²) in [5.41, 5.74) is 4.59. The van der Waals surface area contributed by atoms with Crippen LogP contribution in [0.4, 0.5) is 5.82 Å². The Morgan fingerprint density at radius 1 is 1.39 bits per heavy atom. The number of anilines is 1. The number of nitrogens with one attached hydrogen (secondary N) is 1. The van der Waals surface area contributed by atoms with Crippen LogP contribution in [0.25, 0.3) is 0 Å². The number of phosphoric acid groups is 1. The highest BCUT2D eigenvalue weighted by Crippen LogP contribution is 2.45. The van der Waals surface area contributed by atoms with E-state index in [-0.39, 0.29) is 30.7 Å². The van der Waals surface area contributed by atoms with Gasteiger partial charge in [0.05, 0.1) is 19.8 Å². The standard InChI is InChI=1S/C19H27N4O12P/c1-10(25)21-12-3-2-11(34-18(12)31-7-6-24)8-32-36(29,30)33-9-13-15(26)16(27)17(35-13)23-5-4-14(20)22-19(23)28/h2-5,8,12-13,15-18,24,26-27H,6-7,9H2,1H3,(H,21,25)(H,29,30)(H2,20,22,28)/b11-8-/t12-,13-,15?,16+,17-,18?/m1/s1. The van der Waals surface area contributed by atoms with Crippen LogP contribution in [0, 0.1) is 0 Å². The Hall–Kier alpha value is -2.82. The molecule has 1 saturated heterocycles. The molecule has 16 nitrogen and oxygen atoms in total. The molecule has 0 radical (unpaired) electrons. The van der Waals surface area contributed by atoms with E-state index in [1.807, 2.05) is 0 Å². The first kappa shape index (κ1) is 27.8. The summed E-state index contributed by atoms with van der Waals surface area (Å²) >= 11 is 0. The van der Waals surface area contributed by atoms with Crippen molar-refractivity contribution in [3.63, 3.8) is 0 Å². The third-order valence-electron chi connectivity index (χ3n) is 4.92. The molecule has 200 valence electrons. The van der Waals surface area contributed by atoms with Crippen molar-refractivity contribution in [2.45, 2.75) is 43.8 Å². The Bertz CT molecular complexity index is 1090. The number of carbonyl (C=O) groups excluding carboxylic acids is 1. The van der Waals surface area contributed by atoms with E-state index in [0.717, 1.165) is 10.8 Å². The highest BCUT2D eigenvalue weighted by atomic mass is 31.2. The summed E-state index contributed by atoms with van der Waals surface area (Å²) in [5.74, 6) is -0.463. The number of hydrogen-bond acceptors (Lipinski definition) is 13. The molecular formula is C19H27N4O12P. The summed E-state index contributed by atoms with van der Waals surface area (Å²) in [6.07, 6.45) is -2.01. The Kier molecular flexibility index (Phi) is 9.21. The molecule has 2 aliphatic heterocycles. The van der Waals surface area contributed by atoms with Gasteiger partial charge in [-0.25, -0.2) is 9.36 Å². The van der Waals surface area contributed by atoms with E-state index in [2.05, 4.69) is 10.3 Å². The summed E-state index contributed by atoms with van der Waals surface area (Å²) in [7, 11) is -4.76. The van der Waals surface area contributed by atoms with Gasteiger partial charge in [0.2, 0.25) is 12.2 Å². The van der Waals surface area contributed by atoms with E-state index in [1.54, 1.807) is 0 Å². The molecule has 2 aliphatic rings. The second kappa shape index (κ2) is 11.9. The van der Waals surface area contributed by atoms with Crippen LogP contribution in [0.1, 0.15) is 13.2 Å². The fourth-order valence-electron chi connectivity index (χ4n) is 3.29. The average molecular weight is 534 g/mol. The Morgan fingerprint density at radius 3 is 2.81 bits per heavy atom. The molecule has 0 aliphatic carbocycles. The first-order valence-electron chi connectivity index (χ1n) is 10.6. The summed E-state index contributed by atoms with van der Waals surface area (Å²) in [4.78, 5) is 36.8. The fraction of sp³-hybridized carbons (Fsp3) is 0.526. The molecule has 0 aromatic carbocycles. The van der Waals surface area contributed by atoms with Crippen molar-refractivity contribution >= 4 is 19.5 Å². The minimum atomic E-state index is -4.76. The lowest BCUT2D eigenvalue weighted by atomic mass is 10.1. The number of aliphatic hydroxyl groups is 3. The van der Waals surface area contributed by atoms with Crippen molar-refractivity contribution in [2.24, 2.45) is 0 Å². The smallest absolute Gasteiger partial charge is 0.459 e. The summed E-state index contributed by atoms with van der Waals surface area (Å²) < 4.78 is 39.0. The fourth-order valence-corrected chi connectivity index (χ4v) is 3.93. The van der Waals surface area contributed by atoms with E-state index in [0.29, 0.717) is 0 Å². The lowest BCUT2D eigenvalue weighted by Crippen LogP contribution is -2.45. The summed E-state index contributed by atoms with van der Waals surface area (Å²) in [6.45, 7) is 0.202. The second-order valence-corrected chi connectivity index (χ2v) is 9.05. The zero-order valence-electron chi connectivity index (χ0n) is 18.9. The van der Waals surface area contributed by atoms with Gasteiger partial charge in [-0.3, -0.25) is 18.8 Å². The van der Waals surface area contributed by atoms with Crippen LogP contribution in [0.5, 0.6) is 0 Å². The predicted molar refractivity (Wildman–Crippen MR) is 118 cm³/mol. The van der Waals surface area contributed by atoms with E-state index < -0.39 is 57.0 Å². The van der Waals surface area contributed by atoms with Gasteiger partial charge in [0.15, 0.2) is 12.0 Å². The number of amides is 1. The molecule has 7 atom stereocenters. The molecule has 3 rings (SSSR count). The quantitative estimate of drug-likeness (QED) is 0.139. The predicted octanol–water partition coefficient (Wildman–Crippen LogP) is -2.15. The van der Waals surface area contributed by atoms with Crippen molar-refractivity contribution < 1.29 is 52.8 Å². The summed E-state index contributed by atoms with van der Waals surface area (Å²) in [6, 6.07) is 0.601. The zero-order chi connectivity index (χ0) is 26.5. The summed E-state index contributed by atoms with van der Waals surface area (Å²) in [5, 5.41) is 32.0. The van der Waals surface area contributed by atoms with Gasteiger partial charge in [-0.05, 0) is 12.1 Å². The Balaban J connectivity index is 1.59. The third kappa shape index (κ3) is 7.11. The number of ether oxygens (including phenoxy) is 3. The maximum Gasteiger partial charge on any atom is 0.527 e. The number of rotatable bonds is 10. The van der Waals surface area contributed by atoms with Crippen molar-refractivity contribution in [1.82, 2.24) is 14.9 Å². The number of phosphoric ester groups is 1. The van der Waals surface area contributed by atoms with Crippen LogP contribution in [0.2, 0.25) is 0 Å². The van der Waals surface area contributed by atoms with E-state index in [9.17, 15) is 29.3 Å².